The number of benzene rings is 1. The van der Waals surface area contributed by atoms with Gasteiger partial charge in [-0.3, -0.25) is 0 Å². The number of nitrogens with zero attached hydrogens (tertiary/aromatic N) is 2. The van der Waals surface area contributed by atoms with Gasteiger partial charge in [-0.05, 0) is 53.5 Å². The molecule has 0 fully saturated rings. The number of pyridine rings is 1. The maximum atomic E-state index is 8.94. The summed E-state index contributed by atoms with van der Waals surface area (Å²) in [6.45, 7) is 3.85. The molecule has 0 radical (unpaired) electrons. The normalized spacial score (nSPS) is 11.7. The van der Waals surface area contributed by atoms with Gasteiger partial charge in [0.15, 0.2) is 5.84 Å². The van der Waals surface area contributed by atoms with Crippen molar-refractivity contribution < 1.29 is 5.21 Å². The maximum Gasteiger partial charge on any atom is 0.173 e. The standard InChI is InChI=1S/C14H14BrN3OS/c1-8-7-9(2)17-14(12(8)13(16)18-19)20-11-6-4-3-5-10(11)15/h3-7,19H,1-2H3,(H2,16,18). The fourth-order valence-corrected chi connectivity index (χ4v) is 3.47. The molecule has 20 heavy (non-hydrogen) atoms. The van der Waals surface area contributed by atoms with E-state index in [1.807, 2.05) is 44.2 Å². The summed E-state index contributed by atoms with van der Waals surface area (Å²) < 4.78 is 0.983. The zero-order valence-corrected chi connectivity index (χ0v) is 13.5. The van der Waals surface area contributed by atoms with Crippen molar-refractivity contribution in [2.24, 2.45) is 10.9 Å². The lowest BCUT2D eigenvalue weighted by Gasteiger charge is -2.12. The first kappa shape index (κ1) is 14.9. The SMILES string of the molecule is Cc1cc(C)c(C(N)=NO)c(Sc2ccccc2Br)n1. The highest BCUT2D eigenvalue weighted by Crippen LogP contribution is 2.35. The number of aromatic nitrogens is 1. The fourth-order valence-electron chi connectivity index (χ4n) is 1.87. The van der Waals surface area contributed by atoms with E-state index in [1.54, 1.807) is 0 Å². The lowest BCUT2D eigenvalue weighted by atomic mass is 10.1. The highest BCUT2D eigenvalue weighted by atomic mass is 79.9. The molecular formula is C14H14BrN3OS. The van der Waals surface area contributed by atoms with Crippen LogP contribution in [0.4, 0.5) is 0 Å². The first-order chi connectivity index (χ1) is 9.52. The molecular weight excluding hydrogens is 338 g/mol. The quantitative estimate of drug-likeness (QED) is 0.382. The van der Waals surface area contributed by atoms with Crippen molar-refractivity contribution in [2.75, 3.05) is 0 Å². The molecule has 1 aromatic carbocycles. The first-order valence-electron chi connectivity index (χ1n) is 5.91. The summed E-state index contributed by atoms with van der Waals surface area (Å²) in [7, 11) is 0. The number of halogens is 1. The Morgan fingerprint density at radius 2 is 2.05 bits per heavy atom. The Morgan fingerprint density at radius 3 is 2.70 bits per heavy atom. The molecule has 0 bridgehead atoms. The molecule has 0 amide bonds. The summed E-state index contributed by atoms with van der Waals surface area (Å²) in [6, 6.07) is 9.78. The van der Waals surface area contributed by atoms with E-state index < -0.39 is 0 Å². The lowest BCUT2D eigenvalue weighted by Crippen LogP contribution is -2.17. The van der Waals surface area contributed by atoms with Gasteiger partial charge in [0.05, 0.1) is 5.56 Å². The topological polar surface area (TPSA) is 71.5 Å². The summed E-state index contributed by atoms with van der Waals surface area (Å²) in [5, 5.41) is 12.8. The third-order valence-electron chi connectivity index (χ3n) is 2.72. The molecule has 2 rings (SSSR count). The number of rotatable bonds is 3. The number of nitrogens with two attached hydrogens (primary N) is 1. The monoisotopic (exact) mass is 351 g/mol. The van der Waals surface area contributed by atoms with Gasteiger partial charge in [0.1, 0.15) is 5.03 Å². The van der Waals surface area contributed by atoms with Crippen LogP contribution in [0.5, 0.6) is 0 Å². The number of hydrogen-bond donors (Lipinski definition) is 2. The molecule has 0 atom stereocenters. The van der Waals surface area contributed by atoms with Gasteiger partial charge >= 0.3 is 0 Å². The van der Waals surface area contributed by atoms with E-state index in [-0.39, 0.29) is 5.84 Å². The number of amidine groups is 1. The zero-order valence-electron chi connectivity index (χ0n) is 11.1. The molecule has 0 unspecified atom stereocenters. The van der Waals surface area contributed by atoms with E-state index in [0.29, 0.717) is 5.56 Å². The molecule has 4 nitrogen and oxygen atoms in total. The van der Waals surface area contributed by atoms with E-state index in [2.05, 4.69) is 26.1 Å². The molecule has 3 N–H and O–H groups in total. The average molecular weight is 352 g/mol. The number of oxime groups is 1. The molecule has 0 aliphatic rings. The molecule has 0 saturated heterocycles. The minimum Gasteiger partial charge on any atom is -0.409 e. The Labute approximate surface area is 130 Å². The van der Waals surface area contributed by atoms with Crippen LogP contribution in [0.15, 0.2) is 49.9 Å². The van der Waals surface area contributed by atoms with Crippen LogP contribution in [0.1, 0.15) is 16.8 Å². The van der Waals surface area contributed by atoms with Crippen LogP contribution in [0.2, 0.25) is 0 Å². The van der Waals surface area contributed by atoms with E-state index in [0.717, 1.165) is 25.7 Å². The van der Waals surface area contributed by atoms with Gasteiger partial charge in [-0.1, -0.05) is 29.1 Å². The van der Waals surface area contributed by atoms with Crippen LogP contribution in [0.3, 0.4) is 0 Å². The minimum atomic E-state index is 0.0737. The predicted octanol–water partition coefficient (Wildman–Crippen LogP) is 3.71. The zero-order chi connectivity index (χ0) is 14.7. The van der Waals surface area contributed by atoms with Crippen molar-refractivity contribution in [3.05, 3.63) is 51.6 Å². The van der Waals surface area contributed by atoms with E-state index in [4.69, 9.17) is 10.9 Å². The van der Waals surface area contributed by atoms with Gasteiger partial charge in [-0.25, -0.2) is 4.98 Å². The van der Waals surface area contributed by atoms with Crippen LogP contribution >= 0.6 is 27.7 Å². The molecule has 2 aromatic rings. The van der Waals surface area contributed by atoms with Crippen LogP contribution in [0, 0.1) is 13.8 Å². The minimum absolute atomic E-state index is 0.0737. The maximum absolute atomic E-state index is 8.94. The van der Waals surface area contributed by atoms with E-state index in [9.17, 15) is 0 Å². The van der Waals surface area contributed by atoms with Crippen LogP contribution in [0.25, 0.3) is 0 Å². The van der Waals surface area contributed by atoms with Crippen molar-refractivity contribution in [2.45, 2.75) is 23.8 Å². The molecule has 1 aromatic heterocycles. The van der Waals surface area contributed by atoms with Crippen molar-refractivity contribution in [3.8, 4) is 0 Å². The second-order valence-electron chi connectivity index (χ2n) is 4.28. The highest BCUT2D eigenvalue weighted by Gasteiger charge is 2.15. The summed E-state index contributed by atoms with van der Waals surface area (Å²) in [5.74, 6) is 0.0737. The summed E-state index contributed by atoms with van der Waals surface area (Å²) in [5.41, 5.74) is 8.27. The Bertz CT molecular complexity index is 673. The summed E-state index contributed by atoms with van der Waals surface area (Å²) in [6.07, 6.45) is 0. The van der Waals surface area contributed by atoms with Gasteiger partial charge in [-0.2, -0.15) is 0 Å². The van der Waals surface area contributed by atoms with Gasteiger partial charge in [-0.15, -0.1) is 0 Å². The third kappa shape index (κ3) is 3.13. The van der Waals surface area contributed by atoms with Crippen molar-refractivity contribution in [3.63, 3.8) is 0 Å². The number of hydrogen-bond acceptors (Lipinski definition) is 4. The van der Waals surface area contributed by atoms with Crippen molar-refractivity contribution in [1.82, 2.24) is 4.98 Å². The molecule has 0 spiro atoms. The second-order valence-corrected chi connectivity index (χ2v) is 6.16. The second kappa shape index (κ2) is 6.28. The molecule has 0 aliphatic carbocycles. The van der Waals surface area contributed by atoms with Crippen LogP contribution in [-0.4, -0.2) is 16.0 Å². The predicted molar refractivity (Wildman–Crippen MR) is 84.5 cm³/mol. The average Bonchev–Trinajstić information content (AvgIpc) is 2.40. The Morgan fingerprint density at radius 1 is 1.35 bits per heavy atom. The van der Waals surface area contributed by atoms with Crippen molar-refractivity contribution >= 4 is 33.5 Å². The smallest absolute Gasteiger partial charge is 0.173 e. The fraction of sp³-hybridized carbons (Fsp3) is 0.143. The molecule has 6 heteroatoms. The van der Waals surface area contributed by atoms with Gasteiger partial charge in [0.25, 0.3) is 0 Å². The van der Waals surface area contributed by atoms with Crippen LogP contribution < -0.4 is 5.73 Å². The Hall–Kier alpha value is -1.53. The molecule has 104 valence electrons. The molecule has 0 saturated carbocycles. The summed E-state index contributed by atoms with van der Waals surface area (Å²) >= 11 is 4.99. The number of aryl methyl sites for hydroxylation is 2. The first-order valence-corrected chi connectivity index (χ1v) is 7.52. The Kier molecular flexibility index (Phi) is 4.67. The molecule has 0 aliphatic heterocycles. The van der Waals surface area contributed by atoms with Gasteiger partial charge < -0.3 is 10.9 Å². The lowest BCUT2D eigenvalue weighted by molar-refractivity contribution is 0.318. The van der Waals surface area contributed by atoms with E-state index in [1.165, 1.54) is 11.8 Å². The van der Waals surface area contributed by atoms with Crippen LogP contribution in [-0.2, 0) is 0 Å². The van der Waals surface area contributed by atoms with E-state index >= 15 is 0 Å². The third-order valence-corrected chi connectivity index (χ3v) is 4.74. The van der Waals surface area contributed by atoms with Crippen molar-refractivity contribution in [1.29, 1.82) is 0 Å². The Balaban J connectivity index is 2.53. The van der Waals surface area contributed by atoms with Gasteiger partial charge in [0.2, 0.25) is 0 Å². The molecule has 1 heterocycles. The highest BCUT2D eigenvalue weighted by molar-refractivity contribution is 9.10. The summed E-state index contributed by atoms with van der Waals surface area (Å²) in [4.78, 5) is 5.53. The van der Waals surface area contributed by atoms with Gasteiger partial charge in [0, 0.05) is 15.1 Å². The largest absolute Gasteiger partial charge is 0.409 e.